The van der Waals surface area contributed by atoms with Gasteiger partial charge in [-0.25, -0.2) is 0 Å². The zero-order valence-electron chi connectivity index (χ0n) is 33.6. The van der Waals surface area contributed by atoms with Crippen LogP contribution in [0.1, 0.15) is 77.3 Å². The summed E-state index contributed by atoms with van der Waals surface area (Å²) in [6.07, 6.45) is 35.9. The van der Waals surface area contributed by atoms with E-state index in [1.54, 1.807) is 0 Å². The molecule has 1 nitrogen and oxygen atoms in total. The third-order valence-corrected chi connectivity index (χ3v) is 12.6. The number of rotatable bonds is 10. The predicted molar refractivity (Wildman–Crippen MR) is 251 cm³/mol. The molecule has 2 N–H and O–H groups in total. The molecule has 56 heavy (non-hydrogen) atoms. The highest BCUT2D eigenvalue weighted by Crippen LogP contribution is 2.39. The molecular weight excluding hydrogens is 790 g/mol. The Balaban J connectivity index is 1.46. The first kappa shape index (κ1) is 39.6. The summed E-state index contributed by atoms with van der Waals surface area (Å²) in [6, 6.07) is 27.4. The molecule has 0 aliphatic heterocycles. The van der Waals surface area contributed by atoms with Gasteiger partial charge in [0.25, 0.3) is 0 Å². The molecule has 3 unspecified atom stereocenters. The van der Waals surface area contributed by atoms with Crippen molar-refractivity contribution in [2.75, 3.05) is 4.43 Å². The van der Waals surface area contributed by atoms with Crippen LogP contribution in [0.3, 0.4) is 0 Å². The fraction of sp³-hybridized carbons (Fsp3) is 0.259. The SMILES string of the molecule is C/C=C\C=C/C(C)/C(c1cccc(C(/C=C\CI)=C(/N)C2C=CC=C3C=CCCC32)c1)=c1/cccc/c1=C(/C)C1=c2ccccc2=C(C2=CC=C(C)CC2)CC1. The number of hydrogen-bond acceptors (Lipinski definition) is 1. The number of allylic oxidation sites excluding steroid dienone is 17. The average Bonchev–Trinajstić information content (AvgIpc) is 3.24. The Hall–Kier alpha value is -4.67. The predicted octanol–water partition coefficient (Wildman–Crippen LogP) is 11.0. The van der Waals surface area contributed by atoms with Gasteiger partial charge in [-0.05, 0) is 137 Å². The van der Waals surface area contributed by atoms with Gasteiger partial charge >= 0.3 is 0 Å². The normalized spacial score (nSPS) is 21.7. The summed E-state index contributed by atoms with van der Waals surface area (Å²) >= 11 is 2.43. The van der Waals surface area contributed by atoms with Gasteiger partial charge in [0.15, 0.2) is 0 Å². The fourth-order valence-corrected chi connectivity index (χ4v) is 9.46. The van der Waals surface area contributed by atoms with Crippen molar-refractivity contribution in [2.45, 2.75) is 66.2 Å². The molecule has 284 valence electrons. The van der Waals surface area contributed by atoms with Crippen molar-refractivity contribution >= 4 is 50.5 Å². The molecule has 3 atom stereocenters. The molecule has 7 rings (SSSR count). The third kappa shape index (κ3) is 8.51. The van der Waals surface area contributed by atoms with E-state index in [4.69, 9.17) is 5.73 Å². The molecule has 0 spiro atoms. The standard InChI is InChI=1S/C54H56IN/c1-5-6-7-17-38(3)53(43-21-14-20-42(36-43)48(28-16-35-55)54(56)52-27-15-19-40-18-8-9-23-46(40)52)51-26-13-10-22-44(51)39(4)45-33-34-47(41-31-29-37(2)30-32-41)50-25-12-11-24-49(45)50/h5-8,10-22,24-29,31,36,38,46,52H,9,23,30,32-35,56H2,1-4H3/b6-5-,17-7-,28-16-,44-39+,53-51+,54-48+. The van der Waals surface area contributed by atoms with Crippen LogP contribution in [0.5, 0.6) is 0 Å². The van der Waals surface area contributed by atoms with Crippen LogP contribution < -0.4 is 26.6 Å². The van der Waals surface area contributed by atoms with Crippen molar-refractivity contribution in [3.05, 3.63) is 206 Å². The number of fused-ring (bicyclic) bond motifs is 2. The molecule has 4 aliphatic carbocycles. The molecule has 0 bridgehead atoms. The van der Waals surface area contributed by atoms with Crippen molar-refractivity contribution in [3.63, 3.8) is 0 Å². The number of nitrogens with two attached hydrogens (primary N) is 1. The van der Waals surface area contributed by atoms with E-state index >= 15 is 0 Å². The lowest BCUT2D eigenvalue weighted by molar-refractivity contribution is 0.465. The van der Waals surface area contributed by atoms with E-state index in [9.17, 15) is 0 Å². The van der Waals surface area contributed by atoms with Crippen molar-refractivity contribution in [1.29, 1.82) is 0 Å². The molecule has 0 heterocycles. The highest BCUT2D eigenvalue weighted by atomic mass is 127. The Bertz CT molecular complexity index is 2520. The van der Waals surface area contributed by atoms with E-state index in [1.165, 1.54) is 65.4 Å². The molecule has 3 aromatic rings. The average molecular weight is 846 g/mol. The fourth-order valence-electron chi connectivity index (χ4n) is 9.20. The zero-order chi connectivity index (χ0) is 39.0. The van der Waals surface area contributed by atoms with Gasteiger partial charge < -0.3 is 5.73 Å². The van der Waals surface area contributed by atoms with Gasteiger partial charge in [-0.15, -0.1) is 0 Å². The van der Waals surface area contributed by atoms with Crippen LogP contribution >= 0.6 is 22.6 Å². The lowest BCUT2D eigenvalue weighted by atomic mass is 9.74. The second-order valence-electron chi connectivity index (χ2n) is 15.7. The summed E-state index contributed by atoms with van der Waals surface area (Å²) in [4.78, 5) is 0. The number of alkyl halides is 1. The topological polar surface area (TPSA) is 26.0 Å². The Morgan fingerprint density at radius 2 is 1.66 bits per heavy atom. The van der Waals surface area contributed by atoms with Gasteiger partial charge in [-0.2, -0.15) is 0 Å². The minimum Gasteiger partial charge on any atom is -0.401 e. The van der Waals surface area contributed by atoms with Gasteiger partial charge in [-0.3, -0.25) is 0 Å². The molecule has 0 saturated carbocycles. The number of halogens is 1. The summed E-state index contributed by atoms with van der Waals surface area (Å²) in [5.74, 6) is 0.744. The monoisotopic (exact) mass is 845 g/mol. The van der Waals surface area contributed by atoms with E-state index in [0.29, 0.717) is 5.92 Å². The van der Waals surface area contributed by atoms with Crippen molar-refractivity contribution in [2.24, 2.45) is 23.5 Å². The summed E-state index contributed by atoms with van der Waals surface area (Å²) in [7, 11) is 0. The van der Waals surface area contributed by atoms with Gasteiger partial charge in [-0.1, -0.05) is 181 Å². The Kier molecular flexibility index (Phi) is 13.1. The van der Waals surface area contributed by atoms with Gasteiger partial charge in [0.1, 0.15) is 0 Å². The van der Waals surface area contributed by atoms with Crippen molar-refractivity contribution in [3.8, 4) is 0 Å². The van der Waals surface area contributed by atoms with Crippen LogP contribution in [0.15, 0.2) is 174 Å². The molecule has 0 saturated heterocycles. The molecule has 0 amide bonds. The minimum atomic E-state index is 0.159. The Labute approximate surface area is 348 Å². The molecular formula is C54H56IN. The lowest BCUT2D eigenvalue weighted by Gasteiger charge is -2.32. The highest BCUT2D eigenvalue weighted by Gasteiger charge is 2.29. The molecule has 3 aromatic carbocycles. The van der Waals surface area contributed by atoms with Crippen LogP contribution in [0.4, 0.5) is 0 Å². The second kappa shape index (κ2) is 18.5. The quantitative estimate of drug-likeness (QED) is 0.123. The Morgan fingerprint density at radius 3 is 2.45 bits per heavy atom. The molecule has 0 aromatic heterocycles. The molecule has 0 radical (unpaired) electrons. The zero-order valence-corrected chi connectivity index (χ0v) is 35.7. The number of benzene rings is 3. The largest absolute Gasteiger partial charge is 0.401 e. The summed E-state index contributed by atoms with van der Waals surface area (Å²) in [5, 5.41) is 5.38. The van der Waals surface area contributed by atoms with Gasteiger partial charge in [0.2, 0.25) is 0 Å². The van der Waals surface area contributed by atoms with Gasteiger partial charge in [0, 0.05) is 27.5 Å². The van der Waals surface area contributed by atoms with E-state index < -0.39 is 0 Å². The van der Waals surface area contributed by atoms with Crippen LogP contribution in [0.25, 0.3) is 27.9 Å². The first-order valence-corrected chi connectivity index (χ1v) is 22.1. The highest BCUT2D eigenvalue weighted by molar-refractivity contribution is 14.1. The number of hydrogen-bond donors (Lipinski definition) is 1. The van der Waals surface area contributed by atoms with Crippen molar-refractivity contribution < 1.29 is 0 Å². The lowest BCUT2D eigenvalue weighted by Crippen LogP contribution is -2.36. The smallest absolute Gasteiger partial charge is 0.0242 e. The summed E-state index contributed by atoms with van der Waals surface area (Å²) in [6.45, 7) is 9.02. The van der Waals surface area contributed by atoms with E-state index in [1.807, 2.05) is 0 Å². The third-order valence-electron chi connectivity index (χ3n) is 12.1. The molecule has 2 heteroatoms. The molecule has 4 aliphatic rings. The van der Waals surface area contributed by atoms with E-state index in [0.717, 1.165) is 59.8 Å². The first-order valence-electron chi connectivity index (χ1n) is 20.6. The maximum absolute atomic E-state index is 7.28. The first-order chi connectivity index (χ1) is 27.4. The van der Waals surface area contributed by atoms with Crippen molar-refractivity contribution in [1.82, 2.24) is 0 Å². The molecule has 0 fully saturated rings. The van der Waals surface area contributed by atoms with Crippen LogP contribution in [-0.2, 0) is 0 Å². The summed E-state index contributed by atoms with van der Waals surface area (Å²) in [5.41, 5.74) is 21.8. The maximum atomic E-state index is 7.28. The summed E-state index contributed by atoms with van der Waals surface area (Å²) < 4.78 is 0.925. The van der Waals surface area contributed by atoms with E-state index in [2.05, 4.69) is 202 Å². The van der Waals surface area contributed by atoms with Crippen LogP contribution in [0, 0.1) is 17.8 Å². The second-order valence-corrected chi connectivity index (χ2v) is 16.5. The minimum absolute atomic E-state index is 0.159. The van der Waals surface area contributed by atoms with E-state index in [-0.39, 0.29) is 11.8 Å². The van der Waals surface area contributed by atoms with Crippen LogP contribution in [-0.4, -0.2) is 4.43 Å². The maximum Gasteiger partial charge on any atom is 0.0242 e. The van der Waals surface area contributed by atoms with Gasteiger partial charge in [0.05, 0.1) is 0 Å². The van der Waals surface area contributed by atoms with Crippen LogP contribution in [0.2, 0.25) is 0 Å². The Morgan fingerprint density at radius 1 is 0.875 bits per heavy atom.